The zero-order chi connectivity index (χ0) is 17.9. The standard InChI is InChI=1S/C17H25N5O3/c1-12-7-8-13(25-12)17(2,24)11-19-16(23)18-10-15-21-20-14-6-4-3-5-9-22(14)15/h7-8,24H,3-6,9-11H2,1-2H3,(H2,18,19,23). The smallest absolute Gasteiger partial charge is 0.315 e. The van der Waals surface area contributed by atoms with E-state index in [1.54, 1.807) is 26.0 Å². The Bertz CT molecular complexity index is 734. The average Bonchev–Trinajstić information content (AvgIpc) is 3.11. The Labute approximate surface area is 146 Å². The molecular weight excluding hydrogens is 322 g/mol. The monoisotopic (exact) mass is 347 g/mol. The highest BCUT2D eigenvalue weighted by Gasteiger charge is 2.27. The number of nitrogens with one attached hydrogen (secondary N) is 2. The minimum Gasteiger partial charge on any atom is -0.463 e. The summed E-state index contributed by atoms with van der Waals surface area (Å²) in [5, 5.41) is 24.3. The van der Waals surface area contributed by atoms with Crippen molar-refractivity contribution in [2.45, 2.75) is 58.2 Å². The molecule has 2 aromatic rings. The van der Waals surface area contributed by atoms with Gasteiger partial charge in [0.05, 0.1) is 13.1 Å². The van der Waals surface area contributed by atoms with Crippen LogP contribution < -0.4 is 10.6 Å². The minimum atomic E-state index is -1.27. The number of aromatic nitrogens is 3. The molecule has 136 valence electrons. The van der Waals surface area contributed by atoms with Crippen molar-refractivity contribution in [1.82, 2.24) is 25.4 Å². The van der Waals surface area contributed by atoms with Crippen LogP contribution in [0.4, 0.5) is 4.79 Å². The lowest BCUT2D eigenvalue weighted by molar-refractivity contribution is 0.0359. The second-order valence-electron chi connectivity index (χ2n) is 6.72. The second kappa shape index (κ2) is 7.26. The lowest BCUT2D eigenvalue weighted by Gasteiger charge is -2.21. The molecule has 3 heterocycles. The molecule has 0 saturated carbocycles. The summed E-state index contributed by atoms with van der Waals surface area (Å²) in [5.41, 5.74) is -1.27. The van der Waals surface area contributed by atoms with Crippen LogP contribution in [0.5, 0.6) is 0 Å². The summed E-state index contributed by atoms with van der Waals surface area (Å²) in [6, 6.07) is 3.12. The van der Waals surface area contributed by atoms with Gasteiger partial charge in [0.2, 0.25) is 0 Å². The molecule has 8 heteroatoms. The highest BCUT2D eigenvalue weighted by atomic mass is 16.4. The zero-order valence-electron chi connectivity index (χ0n) is 14.7. The van der Waals surface area contributed by atoms with Crippen LogP contribution in [0.3, 0.4) is 0 Å². The van der Waals surface area contributed by atoms with E-state index in [0.717, 1.165) is 37.5 Å². The summed E-state index contributed by atoms with van der Waals surface area (Å²) in [4.78, 5) is 12.0. The SMILES string of the molecule is Cc1ccc(C(C)(O)CNC(=O)NCc2nnc3n2CCCCC3)o1. The fraction of sp³-hybridized carbons (Fsp3) is 0.588. The van der Waals surface area contributed by atoms with Gasteiger partial charge in [0.25, 0.3) is 0 Å². The van der Waals surface area contributed by atoms with Crippen LogP contribution in [-0.2, 0) is 25.1 Å². The molecule has 3 rings (SSSR count). The molecule has 0 radical (unpaired) electrons. The lowest BCUT2D eigenvalue weighted by Crippen LogP contribution is -2.43. The fourth-order valence-electron chi connectivity index (χ4n) is 2.96. The maximum Gasteiger partial charge on any atom is 0.315 e. The number of nitrogens with zero attached hydrogens (tertiary/aromatic N) is 3. The van der Waals surface area contributed by atoms with Crippen LogP contribution in [0, 0.1) is 6.92 Å². The average molecular weight is 347 g/mol. The molecule has 0 aromatic carbocycles. The molecule has 3 N–H and O–H groups in total. The number of urea groups is 1. The van der Waals surface area contributed by atoms with Crippen LogP contribution in [0.25, 0.3) is 0 Å². The molecular formula is C17H25N5O3. The second-order valence-corrected chi connectivity index (χ2v) is 6.72. The molecule has 1 aliphatic heterocycles. The van der Waals surface area contributed by atoms with Crippen LogP contribution in [0.15, 0.2) is 16.5 Å². The third kappa shape index (κ3) is 4.19. The number of carbonyl (C=O) groups is 1. The van der Waals surface area contributed by atoms with Gasteiger partial charge in [-0.25, -0.2) is 4.79 Å². The highest BCUT2D eigenvalue weighted by molar-refractivity contribution is 5.73. The van der Waals surface area contributed by atoms with E-state index in [0.29, 0.717) is 18.1 Å². The largest absolute Gasteiger partial charge is 0.463 e. The summed E-state index contributed by atoms with van der Waals surface area (Å²) in [6.07, 6.45) is 4.37. The van der Waals surface area contributed by atoms with E-state index in [-0.39, 0.29) is 12.6 Å². The first kappa shape index (κ1) is 17.5. The van der Waals surface area contributed by atoms with E-state index in [9.17, 15) is 9.90 Å². The topological polar surface area (TPSA) is 105 Å². The minimum absolute atomic E-state index is 0.0454. The molecule has 1 atom stereocenters. The molecule has 0 bridgehead atoms. The fourth-order valence-corrected chi connectivity index (χ4v) is 2.96. The third-order valence-electron chi connectivity index (χ3n) is 4.46. The van der Waals surface area contributed by atoms with Gasteiger partial charge in [-0.05, 0) is 38.8 Å². The van der Waals surface area contributed by atoms with Crippen molar-refractivity contribution < 1.29 is 14.3 Å². The Hall–Kier alpha value is -2.35. The Morgan fingerprint density at radius 2 is 2.16 bits per heavy atom. The Morgan fingerprint density at radius 3 is 2.92 bits per heavy atom. The molecule has 1 unspecified atom stereocenters. The Balaban J connectivity index is 1.51. The number of hydrogen-bond acceptors (Lipinski definition) is 5. The van der Waals surface area contributed by atoms with E-state index in [4.69, 9.17) is 4.42 Å². The first-order valence-electron chi connectivity index (χ1n) is 8.68. The summed E-state index contributed by atoms with van der Waals surface area (Å²) in [5.74, 6) is 2.90. The van der Waals surface area contributed by atoms with Crippen molar-refractivity contribution >= 4 is 6.03 Å². The van der Waals surface area contributed by atoms with Crippen LogP contribution >= 0.6 is 0 Å². The molecule has 2 amide bonds. The van der Waals surface area contributed by atoms with Crippen molar-refractivity contribution in [3.63, 3.8) is 0 Å². The van der Waals surface area contributed by atoms with Crippen molar-refractivity contribution in [1.29, 1.82) is 0 Å². The van der Waals surface area contributed by atoms with E-state index in [2.05, 4.69) is 25.4 Å². The maximum atomic E-state index is 12.0. The van der Waals surface area contributed by atoms with Crippen LogP contribution in [0.2, 0.25) is 0 Å². The number of aryl methyl sites for hydroxylation is 2. The van der Waals surface area contributed by atoms with Gasteiger partial charge < -0.3 is 24.7 Å². The number of carbonyl (C=O) groups excluding carboxylic acids is 1. The van der Waals surface area contributed by atoms with Crippen molar-refractivity contribution in [3.8, 4) is 0 Å². The molecule has 0 aliphatic carbocycles. The van der Waals surface area contributed by atoms with E-state index >= 15 is 0 Å². The Morgan fingerprint density at radius 1 is 1.32 bits per heavy atom. The van der Waals surface area contributed by atoms with Gasteiger partial charge in [-0.2, -0.15) is 0 Å². The quantitative estimate of drug-likeness (QED) is 0.762. The summed E-state index contributed by atoms with van der Waals surface area (Å²) >= 11 is 0. The van der Waals surface area contributed by atoms with Crippen molar-refractivity contribution in [2.24, 2.45) is 0 Å². The zero-order valence-corrected chi connectivity index (χ0v) is 14.7. The van der Waals surface area contributed by atoms with E-state index in [1.165, 1.54) is 6.42 Å². The molecule has 0 spiro atoms. The van der Waals surface area contributed by atoms with Crippen molar-refractivity contribution in [3.05, 3.63) is 35.3 Å². The van der Waals surface area contributed by atoms with Gasteiger partial charge in [-0.3, -0.25) is 0 Å². The third-order valence-corrected chi connectivity index (χ3v) is 4.46. The number of fused-ring (bicyclic) bond motifs is 1. The van der Waals surface area contributed by atoms with Gasteiger partial charge >= 0.3 is 6.03 Å². The van der Waals surface area contributed by atoms with Gasteiger partial charge in [0, 0.05) is 13.0 Å². The molecule has 0 fully saturated rings. The van der Waals surface area contributed by atoms with E-state index < -0.39 is 5.60 Å². The number of rotatable bonds is 5. The normalized spacial score (nSPS) is 16.6. The van der Waals surface area contributed by atoms with Gasteiger partial charge in [0.15, 0.2) is 5.82 Å². The highest BCUT2D eigenvalue weighted by Crippen LogP contribution is 2.21. The van der Waals surface area contributed by atoms with Gasteiger partial charge in [0.1, 0.15) is 22.9 Å². The van der Waals surface area contributed by atoms with Gasteiger partial charge in [-0.1, -0.05) is 6.42 Å². The van der Waals surface area contributed by atoms with Crippen LogP contribution in [0.1, 0.15) is 49.4 Å². The summed E-state index contributed by atoms with van der Waals surface area (Å²) in [7, 11) is 0. The summed E-state index contributed by atoms with van der Waals surface area (Å²) < 4.78 is 7.52. The number of aliphatic hydroxyl groups is 1. The molecule has 1 aliphatic rings. The number of hydrogen-bond donors (Lipinski definition) is 3. The van der Waals surface area contributed by atoms with Crippen molar-refractivity contribution in [2.75, 3.05) is 6.54 Å². The first-order chi connectivity index (χ1) is 12.0. The molecule has 2 aromatic heterocycles. The molecule has 25 heavy (non-hydrogen) atoms. The number of furan rings is 1. The molecule has 8 nitrogen and oxygen atoms in total. The van der Waals surface area contributed by atoms with Crippen LogP contribution in [-0.4, -0.2) is 32.4 Å². The number of amides is 2. The predicted molar refractivity (Wildman–Crippen MR) is 90.8 cm³/mol. The predicted octanol–water partition coefficient (Wildman–Crippen LogP) is 1.61. The lowest BCUT2D eigenvalue weighted by atomic mass is 10.0. The molecule has 0 saturated heterocycles. The Kier molecular flexibility index (Phi) is 5.08. The van der Waals surface area contributed by atoms with Gasteiger partial charge in [-0.15, -0.1) is 10.2 Å². The summed E-state index contributed by atoms with van der Waals surface area (Å²) in [6.45, 7) is 4.66. The maximum absolute atomic E-state index is 12.0. The first-order valence-corrected chi connectivity index (χ1v) is 8.68. The van der Waals surface area contributed by atoms with E-state index in [1.807, 2.05) is 0 Å².